The van der Waals surface area contributed by atoms with Gasteiger partial charge in [-0.3, -0.25) is 9.59 Å². The van der Waals surface area contributed by atoms with Gasteiger partial charge in [-0.15, -0.1) is 11.3 Å². The lowest BCUT2D eigenvalue weighted by atomic mass is 10.0. The average Bonchev–Trinajstić information content (AvgIpc) is 2.76. The van der Waals surface area contributed by atoms with Gasteiger partial charge in [0.2, 0.25) is 0 Å². The predicted octanol–water partition coefficient (Wildman–Crippen LogP) is 3.51. The number of thiophene rings is 1. The number of benzene rings is 1. The molecule has 0 atom stereocenters. The quantitative estimate of drug-likeness (QED) is 0.609. The minimum absolute atomic E-state index is 0.0502. The van der Waals surface area contributed by atoms with Crippen LogP contribution in [0.15, 0.2) is 41.8 Å². The van der Waals surface area contributed by atoms with Gasteiger partial charge in [-0.05, 0) is 23.9 Å². The Bertz CT molecular complexity index is 540. The zero-order chi connectivity index (χ0) is 12.3. The van der Waals surface area contributed by atoms with E-state index in [1.807, 2.05) is 24.4 Å². The van der Waals surface area contributed by atoms with Gasteiger partial charge < -0.3 is 0 Å². The summed E-state index contributed by atoms with van der Waals surface area (Å²) in [4.78, 5) is 24.4. The molecule has 0 spiro atoms. The third-order valence-electron chi connectivity index (χ3n) is 2.53. The van der Waals surface area contributed by atoms with Crippen LogP contribution in [0.4, 0.5) is 0 Å². The lowest BCUT2D eigenvalue weighted by molar-refractivity contribution is 0.0896. The molecular formula is C14H12O2S. The molecular weight excluding hydrogens is 232 g/mol. The van der Waals surface area contributed by atoms with Crippen LogP contribution < -0.4 is 0 Å². The third kappa shape index (κ3) is 2.68. The van der Waals surface area contributed by atoms with Gasteiger partial charge in [0.15, 0.2) is 11.6 Å². The molecule has 0 N–H and O–H groups in total. The van der Waals surface area contributed by atoms with E-state index in [1.54, 1.807) is 24.3 Å². The van der Waals surface area contributed by atoms with Crippen LogP contribution in [-0.2, 0) is 0 Å². The average molecular weight is 244 g/mol. The summed E-state index contributed by atoms with van der Waals surface area (Å²) in [6, 6.07) is 10.8. The van der Waals surface area contributed by atoms with Crippen molar-refractivity contribution < 1.29 is 9.59 Å². The van der Waals surface area contributed by atoms with Crippen molar-refractivity contribution >= 4 is 22.9 Å². The Morgan fingerprint density at radius 3 is 2.35 bits per heavy atom. The zero-order valence-electron chi connectivity index (χ0n) is 9.47. The fraction of sp³-hybridized carbons (Fsp3) is 0.143. The Hall–Kier alpha value is -1.74. The van der Waals surface area contributed by atoms with Crippen LogP contribution >= 0.6 is 11.3 Å². The lowest BCUT2D eigenvalue weighted by Crippen LogP contribution is -2.08. The lowest BCUT2D eigenvalue weighted by Gasteiger charge is -2.00. The Balaban J connectivity index is 2.10. The molecule has 17 heavy (non-hydrogen) atoms. The molecule has 0 saturated carbocycles. The van der Waals surface area contributed by atoms with Gasteiger partial charge >= 0.3 is 0 Å². The van der Waals surface area contributed by atoms with E-state index in [0.717, 1.165) is 5.56 Å². The van der Waals surface area contributed by atoms with Gasteiger partial charge in [0.1, 0.15) is 0 Å². The maximum atomic E-state index is 11.9. The Morgan fingerprint density at radius 1 is 1.06 bits per heavy atom. The second kappa shape index (κ2) is 5.06. The largest absolute Gasteiger partial charge is 0.294 e. The van der Waals surface area contributed by atoms with Gasteiger partial charge in [0.05, 0.1) is 11.3 Å². The summed E-state index contributed by atoms with van der Waals surface area (Å²) in [5.74, 6) is -0.213. The van der Waals surface area contributed by atoms with Crippen molar-refractivity contribution in [1.29, 1.82) is 0 Å². The predicted molar refractivity (Wildman–Crippen MR) is 68.8 cm³/mol. The maximum absolute atomic E-state index is 11.9. The monoisotopic (exact) mass is 244 g/mol. The highest BCUT2D eigenvalue weighted by Gasteiger charge is 2.15. The van der Waals surface area contributed by atoms with Crippen molar-refractivity contribution in [3.8, 4) is 0 Å². The van der Waals surface area contributed by atoms with E-state index in [0.29, 0.717) is 10.4 Å². The summed E-state index contributed by atoms with van der Waals surface area (Å²) in [5, 5.41) is 1.87. The molecule has 0 radical (unpaired) electrons. The first-order chi connectivity index (χ1) is 8.18. The summed E-state index contributed by atoms with van der Waals surface area (Å²) in [6.45, 7) is 1.89. The second-order valence-electron chi connectivity index (χ2n) is 3.82. The smallest absolute Gasteiger partial charge is 0.180 e. The molecule has 0 bridgehead atoms. The Kier molecular flexibility index (Phi) is 3.49. The molecule has 0 unspecified atom stereocenters. The van der Waals surface area contributed by atoms with Gasteiger partial charge in [-0.1, -0.05) is 30.3 Å². The van der Waals surface area contributed by atoms with Crippen molar-refractivity contribution in [3.63, 3.8) is 0 Å². The molecule has 1 aromatic carbocycles. The van der Waals surface area contributed by atoms with Crippen molar-refractivity contribution in [2.75, 3.05) is 0 Å². The molecule has 3 heteroatoms. The zero-order valence-corrected chi connectivity index (χ0v) is 10.3. The van der Waals surface area contributed by atoms with E-state index < -0.39 is 0 Å². The first kappa shape index (κ1) is 11.7. The number of carbonyl (C=O) groups is 2. The fourth-order valence-electron chi connectivity index (χ4n) is 1.61. The SMILES string of the molecule is Cc1ccsc1C(=O)CC(=O)c1ccccc1. The molecule has 2 aromatic rings. The normalized spacial score (nSPS) is 10.2. The van der Waals surface area contributed by atoms with E-state index in [2.05, 4.69) is 0 Å². The molecule has 2 nitrogen and oxygen atoms in total. The fourth-order valence-corrected chi connectivity index (χ4v) is 2.48. The van der Waals surface area contributed by atoms with Crippen molar-refractivity contribution in [2.24, 2.45) is 0 Å². The minimum Gasteiger partial charge on any atom is -0.294 e. The molecule has 86 valence electrons. The van der Waals surface area contributed by atoms with Gasteiger partial charge in [-0.25, -0.2) is 0 Å². The summed E-state index contributed by atoms with van der Waals surface area (Å²) >= 11 is 1.39. The number of Topliss-reactive ketones (excluding diaryl/α,β-unsaturated/α-hetero) is 2. The number of rotatable bonds is 4. The number of hydrogen-bond acceptors (Lipinski definition) is 3. The van der Waals surface area contributed by atoms with E-state index in [1.165, 1.54) is 11.3 Å². The summed E-state index contributed by atoms with van der Waals surface area (Å²) in [6.07, 6.45) is -0.0502. The van der Waals surface area contributed by atoms with Crippen LogP contribution in [0.25, 0.3) is 0 Å². The van der Waals surface area contributed by atoms with Crippen LogP contribution in [0.5, 0.6) is 0 Å². The molecule has 1 aromatic heterocycles. The van der Waals surface area contributed by atoms with E-state index in [-0.39, 0.29) is 18.0 Å². The second-order valence-corrected chi connectivity index (χ2v) is 4.74. The number of aryl methyl sites for hydroxylation is 1. The number of carbonyl (C=O) groups excluding carboxylic acids is 2. The molecule has 0 aliphatic rings. The van der Waals surface area contributed by atoms with Crippen LogP contribution in [0.2, 0.25) is 0 Å². The highest BCUT2D eigenvalue weighted by Crippen LogP contribution is 2.18. The summed E-state index contributed by atoms with van der Waals surface area (Å²) < 4.78 is 0. The first-order valence-corrected chi connectivity index (χ1v) is 6.22. The Morgan fingerprint density at radius 2 is 1.76 bits per heavy atom. The van der Waals surface area contributed by atoms with Crippen molar-refractivity contribution in [1.82, 2.24) is 0 Å². The van der Waals surface area contributed by atoms with E-state index in [9.17, 15) is 9.59 Å². The topological polar surface area (TPSA) is 34.1 Å². The third-order valence-corrected chi connectivity index (χ3v) is 3.59. The van der Waals surface area contributed by atoms with Crippen LogP contribution in [0, 0.1) is 6.92 Å². The first-order valence-electron chi connectivity index (χ1n) is 5.34. The molecule has 1 heterocycles. The minimum atomic E-state index is -0.122. The molecule has 0 saturated heterocycles. The molecule has 0 aliphatic heterocycles. The van der Waals surface area contributed by atoms with Gasteiger partial charge in [0.25, 0.3) is 0 Å². The maximum Gasteiger partial charge on any atom is 0.180 e. The molecule has 0 aliphatic carbocycles. The van der Waals surface area contributed by atoms with Crippen LogP contribution in [0.1, 0.15) is 32.0 Å². The van der Waals surface area contributed by atoms with Crippen LogP contribution in [-0.4, -0.2) is 11.6 Å². The van der Waals surface area contributed by atoms with Gasteiger partial charge in [0, 0.05) is 5.56 Å². The van der Waals surface area contributed by atoms with Crippen molar-refractivity contribution in [3.05, 3.63) is 57.8 Å². The number of ketones is 2. The molecule has 0 amide bonds. The van der Waals surface area contributed by atoms with E-state index >= 15 is 0 Å². The Labute approximate surface area is 104 Å². The van der Waals surface area contributed by atoms with E-state index in [4.69, 9.17) is 0 Å². The van der Waals surface area contributed by atoms with Crippen LogP contribution in [0.3, 0.4) is 0 Å². The number of hydrogen-bond donors (Lipinski definition) is 0. The highest BCUT2D eigenvalue weighted by molar-refractivity contribution is 7.12. The molecule has 2 rings (SSSR count). The standard InChI is InChI=1S/C14H12O2S/c1-10-7-8-17-14(10)13(16)9-12(15)11-5-3-2-4-6-11/h2-8H,9H2,1H3. The van der Waals surface area contributed by atoms with Gasteiger partial charge in [-0.2, -0.15) is 0 Å². The molecule has 0 fully saturated rings. The summed E-state index contributed by atoms with van der Waals surface area (Å²) in [5.41, 5.74) is 1.54. The summed E-state index contributed by atoms with van der Waals surface area (Å²) in [7, 11) is 0. The highest BCUT2D eigenvalue weighted by atomic mass is 32.1. The van der Waals surface area contributed by atoms with Crippen molar-refractivity contribution in [2.45, 2.75) is 13.3 Å².